The largest absolute Gasteiger partial charge is 0.363 e. The van der Waals surface area contributed by atoms with Gasteiger partial charge in [-0.2, -0.15) is 4.98 Å². The van der Waals surface area contributed by atoms with Gasteiger partial charge in [-0.25, -0.2) is 4.98 Å². The Bertz CT molecular complexity index is 956. The van der Waals surface area contributed by atoms with Gasteiger partial charge in [0.2, 0.25) is 11.9 Å². The van der Waals surface area contributed by atoms with Crippen LogP contribution in [0.15, 0.2) is 54.6 Å². The second-order valence-electron chi connectivity index (χ2n) is 6.64. The molecule has 0 saturated carbocycles. The average Bonchev–Trinajstić information content (AvgIpc) is 2.65. The third kappa shape index (κ3) is 5.44. The number of halogens is 1. The van der Waals surface area contributed by atoms with E-state index in [1.54, 1.807) is 12.1 Å². The Morgan fingerprint density at radius 2 is 1.64 bits per heavy atom. The minimum atomic E-state index is -0.0827. The Kier molecular flexibility index (Phi) is 6.11. The van der Waals surface area contributed by atoms with Gasteiger partial charge in [0.1, 0.15) is 5.82 Å². The van der Waals surface area contributed by atoms with Crippen molar-refractivity contribution in [3.05, 3.63) is 70.9 Å². The molecule has 144 valence electrons. The first-order valence-corrected chi connectivity index (χ1v) is 9.21. The fourth-order valence-electron chi connectivity index (χ4n) is 2.60. The van der Waals surface area contributed by atoms with Crippen LogP contribution in [0.2, 0.25) is 5.02 Å². The molecule has 2 aromatic carbocycles. The molecule has 0 aliphatic heterocycles. The Labute approximate surface area is 169 Å². The van der Waals surface area contributed by atoms with Gasteiger partial charge in [0.15, 0.2) is 0 Å². The first-order chi connectivity index (χ1) is 13.4. The molecule has 0 fully saturated rings. The van der Waals surface area contributed by atoms with E-state index in [2.05, 4.69) is 20.6 Å². The summed E-state index contributed by atoms with van der Waals surface area (Å²) in [4.78, 5) is 23.0. The molecule has 0 unspecified atom stereocenters. The summed E-state index contributed by atoms with van der Waals surface area (Å²) in [5, 5.41) is 6.74. The number of nitrogens with one attached hydrogen (secondary N) is 2. The molecule has 6 nitrogen and oxygen atoms in total. The number of benzene rings is 2. The summed E-state index contributed by atoms with van der Waals surface area (Å²) in [6, 6.07) is 16.6. The predicted octanol–water partition coefficient (Wildman–Crippen LogP) is 4.43. The maximum atomic E-state index is 12.2. The van der Waals surface area contributed by atoms with Gasteiger partial charge in [-0.1, -0.05) is 23.7 Å². The maximum absolute atomic E-state index is 12.2. The van der Waals surface area contributed by atoms with Crippen LogP contribution in [0.4, 0.5) is 23.1 Å². The molecular weight excluding hydrogens is 374 g/mol. The van der Waals surface area contributed by atoms with Crippen molar-refractivity contribution in [2.24, 2.45) is 0 Å². The van der Waals surface area contributed by atoms with Crippen molar-refractivity contribution < 1.29 is 4.79 Å². The van der Waals surface area contributed by atoms with E-state index in [1.165, 1.54) is 0 Å². The summed E-state index contributed by atoms with van der Waals surface area (Å²) in [6.07, 6.45) is 0.293. The highest BCUT2D eigenvalue weighted by Gasteiger charge is 2.06. The van der Waals surface area contributed by atoms with Crippen molar-refractivity contribution in [1.82, 2.24) is 9.97 Å². The number of aryl methyl sites for hydroxylation is 1. The molecule has 0 aliphatic carbocycles. The van der Waals surface area contributed by atoms with Crippen molar-refractivity contribution in [3.8, 4) is 0 Å². The molecule has 0 radical (unpaired) electrons. The minimum Gasteiger partial charge on any atom is -0.363 e. The van der Waals surface area contributed by atoms with Crippen LogP contribution in [0.1, 0.15) is 11.3 Å². The smallest absolute Gasteiger partial charge is 0.229 e. The summed E-state index contributed by atoms with van der Waals surface area (Å²) >= 11 is 5.87. The molecule has 1 heterocycles. The number of carbonyl (C=O) groups is 1. The second-order valence-corrected chi connectivity index (χ2v) is 7.08. The van der Waals surface area contributed by atoms with Gasteiger partial charge in [0.25, 0.3) is 0 Å². The molecule has 0 aliphatic rings. The van der Waals surface area contributed by atoms with Gasteiger partial charge in [0.05, 0.1) is 6.42 Å². The average molecular weight is 396 g/mol. The zero-order chi connectivity index (χ0) is 20.1. The second kappa shape index (κ2) is 8.71. The van der Waals surface area contributed by atoms with E-state index in [0.717, 1.165) is 28.5 Å². The summed E-state index contributed by atoms with van der Waals surface area (Å²) in [7, 11) is 3.88. The van der Waals surface area contributed by atoms with E-state index >= 15 is 0 Å². The quantitative estimate of drug-likeness (QED) is 0.646. The molecule has 0 saturated heterocycles. The number of nitrogens with zero attached hydrogens (tertiary/aromatic N) is 3. The number of aromatic nitrogens is 2. The normalized spacial score (nSPS) is 10.4. The lowest BCUT2D eigenvalue weighted by Crippen LogP contribution is -2.14. The summed E-state index contributed by atoms with van der Waals surface area (Å²) in [6.45, 7) is 1.93. The number of hydrogen-bond acceptors (Lipinski definition) is 5. The fraction of sp³-hybridized carbons (Fsp3) is 0.190. The van der Waals surface area contributed by atoms with Crippen LogP contribution < -0.4 is 15.5 Å². The zero-order valence-corrected chi connectivity index (χ0v) is 16.8. The number of hydrogen-bond donors (Lipinski definition) is 2. The van der Waals surface area contributed by atoms with E-state index in [-0.39, 0.29) is 5.91 Å². The lowest BCUT2D eigenvalue weighted by molar-refractivity contribution is -0.115. The van der Waals surface area contributed by atoms with Crippen LogP contribution in [-0.2, 0) is 11.2 Å². The monoisotopic (exact) mass is 395 g/mol. The molecule has 0 bridgehead atoms. The van der Waals surface area contributed by atoms with Gasteiger partial charge in [-0.3, -0.25) is 4.79 Å². The van der Waals surface area contributed by atoms with E-state index in [9.17, 15) is 4.79 Å². The number of anilines is 4. The molecule has 3 rings (SSSR count). The summed E-state index contributed by atoms with van der Waals surface area (Å²) in [5.41, 5.74) is 3.36. The van der Waals surface area contributed by atoms with Crippen LogP contribution in [-0.4, -0.2) is 30.0 Å². The molecular formula is C21H22ClN5O. The van der Waals surface area contributed by atoms with E-state index < -0.39 is 0 Å². The SMILES string of the molecule is Cc1cc(N(C)C)nc(Nc2ccc(NC(=O)Cc3ccc(Cl)cc3)cc2)n1. The Morgan fingerprint density at radius 1 is 1.00 bits per heavy atom. The summed E-state index contributed by atoms with van der Waals surface area (Å²) in [5.74, 6) is 1.28. The van der Waals surface area contributed by atoms with Crippen molar-refractivity contribution in [2.45, 2.75) is 13.3 Å². The maximum Gasteiger partial charge on any atom is 0.229 e. The standard InChI is InChI=1S/C21H22ClN5O/c1-14-12-19(27(2)3)26-21(23-14)25-18-10-8-17(9-11-18)24-20(28)13-15-4-6-16(22)7-5-15/h4-12H,13H2,1-3H3,(H,24,28)(H,23,25,26). The highest BCUT2D eigenvalue weighted by Crippen LogP contribution is 2.19. The van der Waals surface area contributed by atoms with Crippen LogP contribution in [0, 0.1) is 6.92 Å². The lowest BCUT2D eigenvalue weighted by Gasteiger charge is -2.14. The summed E-state index contributed by atoms with van der Waals surface area (Å²) < 4.78 is 0. The van der Waals surface area contributed by atoms with Gasteiger partial charge in [0, 0.05) is 42.3 Å². The van der Waals surface area contributed by atoms with Gasteiger partial charge >= 0.3 is 0 Å². The topological polar surface area (TPSA) is 70.2 Å². The number of amides is 1. The van der Waals surface area contributed by atoms with Crippen molar-refractivity contribution in [1.29, 1.82) is 0 Å². The van der Waals surface area contributed by atoms with Crippen LogP contribution >= 0.6 is 11.6 Å². The molecule has 1 aromatic heterocycles. The minimum absolute atomic E-state index is 0.0827. The molecule has 0 atom stereocenters. The molecule has 0 spiro atoms. The van der Waals surface area contributed by atoms with Crippen LogP contribution in [0.5, 0.6) is 0 Å². The van der Waals surface area contributed by atoms with E-state index in [4.69, 9.17) is 11.6 Å². The molecule has 28 heavy (non-hydrogen) atoms. The van der Waals surface area contributed by atoms with Gasteiger partial charge in [-0.15, -0.1) is 0 Å². The number of carbonyl (C=O) groups excluding carboxylic acids is 1. The Hall–Kier alpha value is -3.12. The molecule has 7 heteroatoms. The first-order valence-electron chi connectivity index (χ1n) is 8.83. The first kappa shape index (κ1) is 19.6. The highest BCUT2D eigenvalue weighted by molar-refractivity contribution is 6.30. The van der Waals surface area contributed by atoms with E-state index in [0.29, 0.717) is 17.4 Å². The van der Waals surface area contributed by atoms with Crippen LogP contribution in [0.25, 0.3) is 0 Å². The fourth-order valence-corrected chi connectivity index (χ4v) is 2.72. The van der Waals surface area contributed by atoms with E-state index in [1.807, 2.05) is 68.4 Å². The zero-order valence-electron chi connectivity index (χ0n) is 16.0. The number of rotatable bonds is 6. The van der Waals surface area contributed by atoms with Gasteiger partial charge in [-0.05, 0) is 48.9 Å². The molecule has 1 amide bonds. The lowest BCUT2D eigenvalue weighted by atomic mass is 10.1. The van der Waals surface area contributed by atoms with Gasteiger partial charge < -0.3 is 15.5 Å². The third-order valence-electron chi connectivity index (χ3n) is 4.00. The van der Waals surface area contributed by atoms with Crippen LogP contribution in [0.3, 0.4) is 0 Å². The van der Waals surface area contributed by atoms with Crippen molar-refractivity contribution in [3.63, 3.8) is 0 Å². The predicted molar refractivity (Wildman–Crippen MR) is 115 cm³/mol. The molecule has 3 aromatic rings. The van der Waals surface area contributed by atoms with Crippen molar-refractivity contribution in [2.75, 3.05) is 29.6 Å². The molecule has 2 N–H and O–H groups in total. The van der Waals surface area contributed by atoms with Crippen molar-refractivity contribution >= 4 is 40.6 Å². The Balaban J connectivity index is 1.62. The Morgan fingerprint density at radius 3 is 2.29 bits per heavy atom. The third-order valence-corrected chi connectivity index (χ3v) is 4.25. The highest BCUT2D eigenvalue weighted by atomic mass is 35.5.